The minimum Gasteiger partial charge on any atom is -0.496 e. The normalized spacial score (nSPS) is 16.9. The summed E-state index contributed by atoms with van der Waals surface area (Å²) in [6, 6.07) is 6.10. The third-order valence-electron chi connectivity index (χ3n) is 5.00. The number of nitrogens with zero attached hydrogens (tertiary/aromatic N) is 5. The molecule has 0 aliphatic carbocycles. The van der Waals surface area contributed by atoms with E-state index in [1.54, 1.807) is 18.9 Å². The molecule has 0 bridgehead atoms. The van der Waals surface area contributed by atoms with Crippen LogP contribution in [0.5, 0.6) is 5.75 Å². The lowest BCUT2D eigenvalue weighted by Crippen LogP contribution is -2.48. The van der Waals surface area contributed by atoms with Gasteiger partial charge in [0.1, 0.15) is 5.75 Å². The van der Waals surface area contributed by atoms with Crippen molar-refractivity contribution in [3.05, 3.63) is 29.3 Å². The van der Waals surface area contributed by atoms with Crippen molar-refractivity contribution < 1.29 is 14.6 Å². The minimum absolute atomic E-state index is 0.0332. The van der Waals surface area contributed by atoms with Crippen LogP contribution in [0.2, 0.25) is 0 Å². The van der Waals surface area contributed by atoms with Crippen molar-refractivity contribution in [3.8, 4) is 5.75 Å². The fourth-order valence-electron chi connectivity index (χ4n) is 3.21. The molecule has 0 amide bonds. The number of piperidine rings is 1. The van der Waals surface area contributed by atoms with Gasteiger partial charge in [-0.25, -0.2) is 4.68 Å². The van der Waals surface area contributed by atoms with Gasteiger partial charge in [-0.05, 0) is 47.4 Å². The summed E-state index contributed by atoms with van der Waals surface area (Å²) < 4.78 is 12.7. The molecule has 3 rings (SSSR count). The van der Waals surface area contributed by atoms with Crippen LogP contribution >= 0.6 is 0 Å². The molecule has 1 aromatic carbocycles. The van der Waals surface area contributed by atoms with Gasteiger partial charge in [0.05, 0.1) is 25.9 Å². The summed E-state index contributed by atoms with van der Waals surface area (Å²) in [4.78, 5) is 2.14. The molecule has 2 aromatic rings. The lowest BCUT2D eigenvalue weighted by atomic mass is 9.92. The number of hydrogen-bond acceptors (Lipinski definition) is 7. The number of hydrogen-bond donors (Lipinski definition) is 1. The van der Waals surface area contributed by atoms with Crippen molar-refractivity contribution >= 4 is 5.95 Å². The lowest BCUT2D eigenvalue weighted by molar-refractivity contribution is -0.0674. The Morgan fingerprint density at radius 2 is 2.00 bits per heavy atom. The first-order valence-electron chi connectivity index (χ1n) is 8.41. The second kappa shape index (κ2) is 7.37. The predicted octanol–water partition coefficient (Wildman–Crippen LogP) is 1.02. The first-order valence-corrected chi connectivity index (χ1v) is 8.41. The molecule has 8 heteroatoms. The van der Waals surface area contributed by atoms with Crippen molar-refractivity contribution in [1.82, 2.24) is 20.2 Å². The number of aromatic nitrogens is 4. The number of aliphatic hydroxyl groups is 1. The van der Waals surface area contributed by atoms with Crippen LogP contribution in [0.3, 0.4) is 0 Å². The topological polar surface area (TPSA) is 85.5 Å². The fraction of sp³-hybridized carbons (Fsp3) is 0.588. The van der Waals surface area contributed by atoms with Gasteiger partial charge in [-0.1, -0.05) is 17.2 Å². The van der Waals surface area contributed by atoms with E-state index in [1.165, 1.54) is 0 Å². The van der Waals surface area contributed by atoms with Crippen LogP contribution in [0.1, 0.15) is 24.0 Å². The zero-order valence-corrected chi connectivity index (χ0v) is 15.0. The average molecular weight is 347 g/mol. The lowest BCUT2D eigenvalue weighted by Gasteiger charge is -2.39. The Hall–Kier alpha value is -2.19. The molecule has 1 aliphatic heterocycles. The molecule has 1 N–H and O–H groups in total. The van der Waals surface area contributed by atoms with Crippen molar-refractivity contribution in [1.29, 1.82) is 0 Å². The van der Waals surface area contributed by atoms with Gasteiger partial charge >= 0.3 is 0 Å². The number of benzene rings is 1. The van der Waals surface area contributed by atoms with Crippen LogP contribution < -0.4 is 9.64 Å². The summed E-state index contributed by atoms with van der Waals surface area (Å²) in [5, 5.41) is 21.7. The van der Waals surface area contributed by atoms with Gasteiger partial charge in [0.25, 0.3) is 0 Å². The molecular formula is C17H25N5O3. The van der Waals surface area contributed by atoms with E-state index in [0.717, 1.165) is 48.8 Å². The standard InChI is InChI=1S/C17H25N5O3/c1-13-4-5-14(10-15(13)24-2)11-22-16(18-19-20-22)21-8-6-17(12-23,25-3)7-9-21/h4-5,10,23H,6-9,11-12H2,1-3H3. The Morgan fingerprint density at radius 1 is 1.24 bits per heavy atom. The summed E-state index contributed by atoms with van der Waals surface area (Å²) in [6.45, 7) is 4.11. The highest BCUT2D eigenvalue weighted by atomic mass is 16.5. The first kappa shape index (κ1) is 17.6. The molecule has 0 saturated carbocycles. The zero-order valence-electron chi connectivity index (χ0n) is 15.0. The first-order chi connectivity index (χ1) is 12.1. The molecule has 8 nitrogen and oxygen atoms in total. The molecular weight excluding hydrogens is 322 g/mol. The molecule has 1 aliphatic rings. The van der Waals surface area contributed by atoms with E-state index in [2.05, 4.69) is 26.5 Å². The summed E-state index contributed by atoms with van der Waals surface area (Å²) in [6.07, 6.45) is 1.48. The smallest absolute Gasteiger partial charge is 0.245 e. The third-order valence-corrected chi connectivity index (χ3v) is 5.00. The Balaban J connectivity index is 1.73. The zero-order chi connectivity index (χ0) is 17.9. The molecule has 0 spiro atoms. The number of methoxy groups -OCH3 is 2. The van der Waals surface area contributed by atoms with Crippen LogP contribution in [0.25, 0.3) is 0 Å². The monoisotopic (exact) mass is 347 g/mol. The van der Waals surface area contributed by atoms with E-state index >= 15 is 0 Å². The van der Waals surface area contributed by atoms with Crippen molar-refractivity contribution in [3.63, 3.8) is 0 Å². The maximum absolute atomic E-state index is 9.58. The molecule has 1 aromatic heterocycles. The summed E-state index contributed by atoms with van der Waals surface area (Å²) in [5.74, 6) is 1.60. The molecule has 1 fully saturated rings. The number of aliphatic hydroxyl groups excluding tert-OH is 1. The third kappa shape index (κ3) is 3.59. The molecule has 2 heterocycles. The van der Waals surface area contributed by atoms with Gasteiger partial charge in [-0.15, -0.1) is 0 Å². The van der Waals surface area contributed by atoms with Crippen LogP contribution in [0.15, 0.2) is 18.2 Å². The Morgan fingerprint density at radius 3 is 2.64 bits per heavy atom. The summed E-state index contributed by atoms with van der Waals surface area (Å²) >= 11 is 0. The van der Waals surface area contributed by atoms with Gasteiger partial charge in [-0.2, -0.15) is 0 Å². The van der Waals surface area contributed by atoms with E-state index in [0.29, 0.717) is 6.54 Å². The van der Waals surface area contributed by atoms with Gasteiger partial charge in [0.15, 0.2) is 0 Å². The largest absolute Gasteiger partial charge is 0.496 e. The van der Waals surface area contributed by atoms with Crippen molar-refractivity contribution in [2.75, 3.05) is 38.8 Å². The SMILES string of the molecule is COc1cc(Cn2nnnc2N2CCC(CO)(OC)CC2)ccc1C. The van der Waals surface area contributed by atoms with E-state index in [1.807, 2.05) is 19.1 Å². The Bertz CT molecular complexity index is 704. The van der Waals surface area contributed by atoms with E-state index < -0.39 is 5.60 Å². The van der Waals surface area contributed by atoms with Crippen LogP contribution in [0, 0.1) is 6.92 Å². The van der Waals surface area contributed by atoms with E-state index in [-0.39, 0.29) is 6.61 Å². The summed E-state index contributed by atoms with van der Waals surface area (Å²) in [7, 11) is 3.33. The molecule has 0 atom stereocenters. The highest BCUT2D eigenvalue weighted by Crippen LogP contribution is 2.28. The Labute approximate surface area is 147 Å². The molecule has 1 saturated heterocycles. The van der Waals surface area contributed by atoms with Crippen LogP contribution in [0.4, 0.5) is 5.95 Å². The number of ether oxygens (including phenoxy) is 2. The van der Waals surface area contributed by atoms with Gasteiger partial charge in [0.2, 0.25) is 5.95 Å². The maximum atomic E-state index is 9.58. The highest BCUT2D eigenvalue weighted by Gasteiger charge is 2.35. The van der Waals surface area contributed by atoms with Gasteiger partial charge in [0, 0.05) is 20.2 Å². The highest BCUT2D eigenvalue weighted by molar-refractivity contribution is 5.37. The van der Waals surface area contributed by atoms with Crippen LogP contribution in [-0.2, 0) is 11.3 Å². The molecule has 25 heavy (non-hydrogen) atoms. The molecule has 136 valence electrons. The number of rotatable bonds is 6. The molecule has 0 unspecified atom stereocenters. The van der Waals surface area contributed by atoms with Gasteiger partial charge in [-0.3, -0.25) is 0 Å². The second-order valence-electron chi connectivity index (χ2n) is 6.47. The fourth-order valence-corrected chi connectivity index (χ4v) is 3.21. The van der Waals surface area contributed by atoms with Crippen molar-refractivity contribution in [2.45, 2.75) is 31.9 Å². The number of anilines is 1. The molecule has 0 radical (unpaired) electrons. The van der Waals surface area contributed by atoms with Gasteiger partial charge < -0.3 is 19.5 Å². The minimum atomic E-state index is -0.445. The predicted molar refractivity (Wildman–Crippen MR) is 92.9 cm³/mol. The maximum Gasteiger partial charge on any atom is 0.245 e. The second-order valence-corrected chi connectivity index (χ2v) is 6.47. The quantitative estimate of drug-likeness (QED) is 0.835. The number of tetrazole rings is 1. The summed E-state index contributed by atoms with van der Waals surface area (Å²) in [5.41, 5.74) is 1.73. The number of aryl methyl sites for hydroxylation is 1. The van der Waals surface area contributed by atoms with Crippen LogP contribution in [-0.4, -0.2) is 64.8 Å². The van der Waals surface area contributed by atoms with Crippen molar-refractivity contribution in [2.24, 2.45) is 0 Å². The van der Waals surface area contributed by atoms with E-state index in [9.17, 15) is 5.11 Å². The van der Waals surface area contributed by atoms with E-state index in [4.69, 9.17) is 9.47 Å². The Kier molecular flexibility index (Phi) is 5.19. The average Bonchev–Trinajstić information content (AvgIpc) is 3.11.